The lowest BCUT2D eigenvalue weighted by Crippen LogP contribution is -2.15. The zero-order valence-electron chi connectivity index (χ0n) is 10.5. The van der Waals surface area contributed by atoms with Gasteiger partial charge in [-0.1, -0.05) is 43.5 Å². The fourth-order valence-corrected chi connectivity index (χ4v) is 2.99. The van der Waals surface area contributed by atoms with Crippen molar-refractivity contribution in [2.75, 3.05) is 13.2 Å². The third-order valence-electron chi connectivity index (χ3n) is 4.42. The Bertz CT molecular complexity index is 344. The Morgan fingerprint density at radius 3 is 2.24 bits per heavy atom. The molecule has 1 saturated heterocycles. The molecule has 1 aromatic carbocycles. The van der Waals surface area contributed by atoms with Crippen LogP contribution in [0.2, 0.25) is 0 Å². The molecule has 2 aliphatic rings. The average molecular weight is 230 g/mol. The molecule has 3 rings (SSSR count). The second kappa shape index (κ2) is 5.22. The first-order chi connectivity index (χ1) is 8.42. The highest BCUT2D eigenvalue weighted by Gasteiger charge is 2.18. The lowest BCUT2D eigenvalue weighted by Gasteiger charge is -2.26. The molecular weight excluding hydrogens is 208 g/mol. The van der Waals surface area contributed by atoms with Crippen molar-refractivity contribution >= 4 is 0 Å². The molecule has 1 nitrogen and oxygen atoms in total. The van der Waals surface area contributed by atoms with Crippen LogP contribution in [0.3, 0.4) is 0 Å². The second-order valence-corrected chi connectivity index (χ2v) is 5.63. The summed E-state index contributed by atoms with van der Waals surface area (Å²) in [5.74, 6) is 1.71. The van der Waals surface area contributed by atoms with Crippen LogP contribution in [0.1, 0.15) is 49.1 Å². The quantitative estimate of drug-likeness (QED) is 0.764. The number of ether oxygens (including phenoxy) is 1. The van der Waals surface area contributed by atoms with Crippen LogP contribution in [0.25, 0.3) is 0 Å². The van der Waals surface area contributed by atoms with E-state index in [1.807, 2.05) is 0 Å². The minimum absolute atomic E-state index is 0.738. The number of rotatable bonds is 3. The van der Waals surface area contributed by atoms with E-state index >= 15 is 0 Å². The largest absolute Gasteiger partial charge is 0.381 e. The molecule has 0 spiro atoms. The first-order valence-corrected chi connectivity index (χ1v) is 7.08. The zero-order chi connectivity index (χ0) is 11.5. The Morgan fingerprint density at radius 2 is 1.65 bits per heavy atom. The Balaban J connectivity index is 1.62. The van der Waals surface area contributed by atoms with E-state index in [2.05, 4.69) is 24.3 Å². The molecule has 0 N–H and O–H groups in total. The maximum absolute atomic E-state index is 5.42. The van der Waals surface area contributed by atoms with Crippen LogP contribution < -0.4 is 0 Å². The summed E-state index contributed by atoms with van der Waals surface area (Å²) in [7, 11) is 0. The molecule has 0 radical (unpaired) electrons. The van der Waals surface area contributed by atoms with Gasteiger partial charge in [-0.25, -0.2) is 0 Å². The molecule has 0 atom stereocenters. The molecule has 17 heavy (non-hydrogen) atoms. The Labute approximate surface area is 104 Å². The van der Waals surface area contributed by atoms with Gasteiger partial charge >= 0.3 is 0 Å². The standard InChI is InChI=1S/C16H22O/c1-2-13(3-1)12-14-4-6-15(7-5-14)16-8-10-17-11-9-16/h4-7,13,16H,1-3,8-12H2. The van der Waals surface area contributed by atoms with E-state index in [1.54, 1.807) is 0 Å². The predicted octanol–water partition coefficient (Wildman–Crippen LogP) is 3.92. The van der Waals surface area contributed by atoms with Crippen molar-refractivity contribution in [3.05, 3.63) is 35.4 Å². The van der Waals surface area contributed by atoms with Gasteiger partial charge in [0.25, 0.3) is 0 Å². The highest BCUT2D eigenvalue weighted by molar-refractivity contribution is 5.26. The zero-order valence-corrected chi connectivity index (χ0v) is 10.5. The normalized spacial score (nSPS) is 22.4. The van der Waals surface area contributed by atoms with E-state index in [-0.39, 0.29) is 0 Å². The van der Waals surface area contributed by atoms with Crippen molar-refractivity contribution in [3.63, 3.8) is 0 Å². The summed E-state index contributed by atoms with van der Waals surface area (Å²) < 4.78 is 5.42. The van der Waals surface area contributed by atoms with Gasteiger partial charge in [-0.2, -0.15) is 0 Å². The average Bonchev–Trinajstić information content (AvgIpc) is 2.36. The van der Waals surface area contributed by atoms with Gasteiger partial charge < -0.3 is 4.74 Å². The minimum Gasteiger partial charge on any atom is -0.381 e. The maximum atomic E-state index is 5.42. The van der Waals surface area contributed by atoms with Crippen LogP contribution in [0, 0.1) is 5.92 Å². The first-order valence-electron chi connectivity index (χ1n) is 7.08. The summed E-state index contributed by atoms with van der Waals surface area (Å²) in [5, 5.41) is 0. The van der Waals surface area contributed by atoms with E-state index in [9.17, 15) is 0 Å². The van der Waals surface area contributed by atoms with Crippen LogP contribution in [0.4, 0.5) is 0 Å². The van der Waals surface area contributed by atoms with Gasteiger partial charge in [-0.15, -0.1) is 0 Å². The SMILES string of the molecule is c1cc(C2CCOCC2)ccc1CC1CCC1. The summed E-state index contributed by atoms with van der Waals surface area (Å²) in [6.07, 6.45) is 8.03. The van der Waals surface area contributed by atoms with Gasteiger partial charge in [0.1, 0.15) is 0 Å². The van der Waals surface area contributed by atoms with Gasteiger partial charge in [-0.3, -0.25) is 0 Å². The lowest BCUT2D eigenvalue weighted by atomic mass is 9.80. The summed E-state index contributed by atoms with van der Waals surface area (Å²) >= 11 is 0. The number of hydrogen-bond acceptors (Lipinski definition) is 1. The van der Waals surface area contributed by atoms with Crippen molar-refractivity contribution in [2.45, 2.75) is 44.4 Å². The van der Waals surface area contributed by atoms with Gasteiger partial charge in [0.15, 0.2) is 0 Å². The second-order valence-electron chi connectivity index (χ2n) is 5.63. The highest BCUT2D eigenvalue weighted by Crippen LogP contribution is 2.31. The van der Waals surface area contributed by atoms with Crippen LogP contribution in [-0.4, -0.2) is 13.2 Å². The summed E-state index contributed by atoms with van der Waals surface area (Å²) in [4.78, 5) is 0. The molecule has 1 heterocycles. The van der Waals surface area contributed by atoms with Crippen LogP contribution in [0.5, 0.6) is 0 Å². The van der Waals surface area contributed by atoms with Gasteiger partial charge in [0.05, 0.1) is 0 Å². The van der Waals surface area contributed by atoms with Crippen LogP contribution >= 0.6 is 0 Å². The first kappa shape index (κ1) is 11.3. The predicted molar refractivity (Wildman–Crippen MR) is 70.3 cm³/mol. The summed E-state index contributed by atoms with van der Waals surface area (Å²) in [6.45, 7) is 1.88. The van der Waals surface area contributed by atoms with Gasteiger partial charge in [0.2, 0.25) is 0 Å². The summed E-state index contributed by atoms with van der Waals surface area (Å²) in [5.41, 5.74) is 3.05. The third-order valence-corrected chi connectivity index (χ3v) is 4.42. The maximum Gasteiger partial charge on any atom is 0.0471 e. The van der Waals surface area contributed by atoms with Gasteiger partial charge in [-0.05, 0) is 42.2 Å². The molecule has 1 aromatic rings. The van der Waals surface area contributed by atoms with Crippen LogP contribution in [0.15, 0.2) is 24.3 Å². The molecule has 1 heteroatoms. The number of hydrogen-bond donors (Lipinski definition) is 0. The molecule has 0 unspecified atom stereocenters. The molecule has 1 aliphatic heterocycles. The fourth-order valence-electron chi connectivity index (χ4n) is 2.99. The smallest absolute Gasteiger partial charge is 0.0471 e. The fraction of sp³-hybridized carbons (Fsp3) is 0.625. The highest BCUT2D eigenvalue weighted by atomic mass is 16.5. The molecule has 0 bridgehead atoms. The molecule has 0 aromatic heterocycles. The minimum atomic E-state index is 0.738. The Morgan fingerprint density at radius 1 is 0.941 bits per heavy atom. The Hall–Kier alpha value is -0.820. The topological polar surface area (TPSA) is 9.23 Å². The lowest BCUT2D eigenvalue weighted by molar-refractivity contribution is 0.0853. The molecule has 92 valence electrons. The monoisotopic (exact) mass is 230 g/mol. The van der Waals surface area contributed by atoms with Crippen molar-refractivity contribution in [3.8, 4) is 0 Å². The molecule has 0 amide bonds. The van der Waals surface area contributed by atoms with Crippen molar-refractivity contribution < 1.29 is 4.74 Å². The molecule has 1 aliphatic carbocycles. The summed E-state index contributed by atoms with van der Waals surface area (Å²) in [6, 6.07) is 9.40. The number of benzene rings is 1. The van der Waals surface area contributed by atoms with E-state index in [1.165, 1.54) is 49.7 Å². The van der Waals surface area contributed by atoms with E-state index in [0.29, 0.717) is 0 Å². The van der Waals surface area contributed by atoms with Crippen molar-refractivity contribution in [1.29, 1.82) is 0 Å². The van der Waals surface area contributed by atoms with E-state index < -0.39 is 0 Å². The third kappa shape index (κ3) is 2.71. The Kier molecular flexibility index (Phi) is 3.46. The van der Waals surface area contributed by atoms with Gasteiger partial charge in [0, 0.05) is 13.2 Å². The van der Waals surface area contributed by atoms with E-state index in [4.69, 9.17) is 4.74 Å². The van der Waals surface area contributed by atoms with Crippen molar-refractivity contribution in [2.24, 2.45) is 5.92 Å². The van der Waals surface area contributed by atoms with E-state index in [0.717, 1.165) is 25.0 Å². The molecular formula is C16H22O. The van der Waals surface area contributed by atoms with Crippen molar-refractivity contribution in [1.82, 2.24) is 0 Å². The molecule has 2 fully saturated rings. The molecule has 1 saturated carbocycles. The van der Waals surface area contributed by atoms with Crippen LogP contribution in [-0.2, 0) is 11.2 Å².